The molecule has 5 heteroatoms. The summed E-state index contributed by atoms with van der Waals surface area (Å²) in [5.41, 5.74) is 3.16. The predicted molar refractivity (Wildman–Crippen MR) is 67.1 cm³/mol. The molecule has 1 aliphatic rings. The summed E-state index contributed by atoms with van der Waals surface area (Å²) in [7, 11) is 0. The van der Waals surface area contributed by atoms with Gasteiger partial charge in [-0.25, -0.2) is 4.98 Å². The van der Waals surface area contributed by atoms with E-state index in [0.29, 0.717) is 10.7 Å². The van der Waals surface area contributed by atoms with Crippen molar-refractivity contribution in [2.75, 3.05) is 5.32 Å². The van der Waals surface area contributed by atoms with Gasteiger partial charge in [-0.15, -0.1) is 11.3 Å². The van der Waals surface area contributed by atoms with Crippen LogP contribution in [-0.4, -0.2) is 10.9 Å². The monoisotopic (exact) mass is 245 g/mol. The van der Waals surface area contributed by atoms with E-state index in [1.807, 2.05) is 23.6 Å². The first-order chi connectivity index (χ1) is 8.33. The van der Waals surface area contributed by atoms with Crippen LogP contribution < -0.4 is 10.6 Å². The SMILES string of the molecule is O=C(Nc1nccs1)c1ccc2c(c1)CNC2. The second kappa shape index (κ2) is 4.27. The van der Waals surface area contributed by atoms with Crippen LogP contribution in [0.25, 0.3) is 0 Å². The van der Waals surface area contributed by atoms with E-state index in [-0.39, 0.29) is 5.91 Å². The maximum atomic E-state index is 11.9. The molecule has 0 saturated heterocycles. The molecule has 1 amide bonds. The van der Waals surface area contributed by atoms with E-state index in [0.717, 1.165) is 13.1 Å². The van der Waals surface area contributed by atoms with E-state index in [4.69, 9.17) is 0 Å². The van der Waals surface area contributed by atoms with Crippen LogP contribution >= 0.6 is 11.3 Å². The van der Waals surface area contributed by atoms with Crippen molar-refractivity contribution < 1.29 is 4.79 Å². The summed E-state index contributed by atoms with van der Waals surface area (Å²) in [4.78, 5) is 16.0. The minimum Gasteiger partial charge on any atom is -0.309 e. The molecule has 2 N–H and O–H groups in total. The van der Waals surface area contributed by atoms with E-state index >= 15 is 0 Å². The lowest BCUT2D eigenvalue weighted by molar-refractivity contribution is 0.102. The Hall–Kier alpha value is -1.72. The van der Waals surface area contributed by atoms with Gasteiger partial charge in [-0.05, 0) is 23.3 Å². The van der Waals surface area contributed by atoms with E-state index in [9.17, 15) is 4.79 Å². The molecule has 1 aromatic carbocycles. The van der Waals surface area contributed by atoms with Gasteiger partial charge in [-0.3, -0.25) is 10.1 Å². The Morgan fingerprint density at radius 1 is 1.35 bits per heavy atom. The van der Waals surface area contributed by atoms with Crippen LogP contribution in [0.2, 0.25) is 0 Å². The van der Waals surface area contributed by atoms with Gasteiger partial charge in [0.2, 0.25) is 0 Å². The van der Waals surface area contributed by atoms with Crippen LogP contribution in [-0.2, 0) is 13.1 Å². The molecule has 0 atom stereocenters. The molecular formula is C12H11N3OS. The zero-order valence-electron chi connectivity index (χ0n) is 9.06. The van der Waals surface area contributed by atoms with Crippen LogP contribution in [0.1, 0.15) is 21.5 Å². The Balaban J connectivity index is 1.82. The predicted octanol–water partition coefficient (Wildman–Crippen LogP) is 2.00. The number of anilines is 1. The summed E-state index contributed by atoms with van der Waals surface area (Å²) in [6.07, 6.45) is 1.67. The fourth-order valence-corrected chi connectivity index (χ4v) is 2.41. The van der Waals surface area contributed by atoms with Crippen LogP contribution in [0.3, 0.4) is 0 Å². The van der Waals surface area contributed by atoms with Crippen molar-refractivity contribution in [1.29, 1.82) is 0 Å². The molecule has 86 valence electrons. The molecule has 0 fully saturated rings. The highest BCUT2D eigenvalue weighted by atomic mass is 32.1. The minimum atomic E-state index is -0.102. The third kappa shape index (κ3) is 2.07. The van der Waals surface area contributed by atoms with Crippen molar-refractivity contribution in [3.63, 3.8) is 0 Å². The van der Waals surface area contributed by atoms with Gasteiger partial charge >= 0.3 is 0 Å². The summed E-state index contributed by atoms with van der Waals surface area (Å²) in [5, 5.41) is 8.50. The average molecular weight is 245 g/mol. The molecule has 1 aromatic heterocycles. The number of nitrogens with zero attached hydrogens (tertiary/aromatic N) is 1. The molecule has 0 unspecified atom stereocenters. The molecule has 3 rings (SSSR count). The van der Waals surface area contributed by atoms with Crippen LogP contribution in [0.5, 0.6) is 0 Å². The Kier molecular flexibility index (Phi) is 2.62. The smallest absolute Gasteiger partial charge is 0.257 e. The van der Waals surface area contributed by atoms with Crippen LogP contribution in [0, 0.1) is 0 Å². The number of benzene rings is 1. The molecule has 1 aliphatic heterocycles. The van der Waals surface area contributed by atoms with Crippen molar-refractivity contribution in [1.82, 2.24) is 10.3 Å². The summed E-state index contributed by atoms with van der Waals surface area (Å²) < 4.78 is 0. The third-order valence-electron chi connectivity index (χ3n) is 2.75. The normalized spacial score (nSPS) is 13.4. The largest absolute Gasteiger partial charge is 0.309 e. The highest BCUT2D eigenvalue weighted by molar-refractivity contribution is 7.13. The molecule has 0 bridgehead atoms. The third-order valence-corrected chi connectivity index (χ3v) is 3.44. The van der Waals surface area contributed by atoms with Crippen molar-refractivity contribution in [3.05, 3.63) is 46.5 Å². The molecule has 0 radical (unpaired) electrons. The number of carbonyl (C=O) groups excluding carboxylic acids is 1. The van der Waals surface area contributed by atoms with Gasteiger partial charge in [0.15, 0.2) is 5.13 Å². The number of carbonyl (C=O) groups is 1. The Labute approximate surface area is 103 Å². The average Bonchev–Trinajstić information content (AvgIpc) is 2.97. The number of rotatable bonds is 2. The quantitative estimate of drug-likeness (QED) is 0.851. The molecule has 0 aliphatic carbocycles. The highest BCUT2D eigenvalue weighted by Crippen LogP contribution is 2.18. The summed E-state index contributed by atoms with van der Waals surface area (Å²) in [5.74, 6) is -0.102. The molecule has 0 spiro atoms. The summed E-state index contributed by atoms with van der Waals surface area (Å²) >= 11 is 1.42. The Bertz CT molecular complexity index is 551. The maximum absolute atomic E-state index is 11.9. The summed E-state index contributed by atoms with van der Waals surface area (Å²) in [6.45, 7) is 1.73. The molecule has 17 heavy (non-hydrogen) atoms. The lowest BCUT2D eigenvalue weighted by atomic mass is 10.1. The number of fused-ring (bicyclic) bond motifs is 1. The summed E-state index contributed by atoms with van der Waals surface area (Å²) in [6, 6.07) is 5.80. The van der Waals surface area contributed by atoms with Crippen LogP contribution in [0.4, 0.5) is 5.13 Å². The first-order valence-electron chi connectivity index (χ1n) is 5.36. The number of thiazole rings is 1. The Morgan fingerprint density at radius 2 is 2.24 bits per heavy atom. The van der Waals surface area contributed by atoms with Crippen LogP contribution in [0.15, 0.2) is 29.8 Å². The highest BCUT2D eigenvalue weighted by Gasteiger charge is 2.13. The molecular weight excluding hydrogens is 234 g/mol. The first-order valence-corrected chi connectivity index (χ1v) is 6.24. The molecule has 0 saturated carbocycles. The van der Waals surface area contributed by atoms with Gasteiger partial charge in [0.05, 0.1) is 0 Å². The van der Waals surface area contributed by atoms with E-state index in [1.165, 1.54) is 22.5 Å². The molecule has 4 nitrogen and oxygen atoms in total. The number of hydrogen-bond donors (Lipinski definition) is 2. The number of amides is 1. The number of nitrogens with one attached hydrogen (secondary N) is 2. The van der Waals surface area contributed by atoms with E-state index in [2.05, 4.69) is 15.6 Å². The maximum Gasteiger partial charge on any atom is 0.257 e. The van der Waals surface area contributed by atoms with E-state index in [1.54, 1.807) is 6.20 Å². The topological polar surface area (TPSA) is 54.0 Å². The van der Waals surface area contributed by atoms with Gasteiger partial charge in [0.25, 0.3) is 5.91 Å². The van der Waals surface area contributed by atoms with Crippen molar-refractivity contribution in [3.8, 4) is 0 Å². The second-order valence-corrected chi connectivity index (χ2v) is 4.77. The lowest BCUT2D eigenvalue weighted by Crippen LogP contribution is -2.12. The number of hydrogen-bond acceptors (Lipinski definition) is 4. The lowest BCUT2D eigenvalue weighted by Gasteiger charge is -2.04. The van der Waals surface area contributed by atoms with Gasteiger partial charge in [0, 0.05) is 30.2 Å². The van der Waals surface area contributed by atoms with Gasteiger partial charge in [-0.1, -0.05) is 6.07 Å². The fraction of sp³-hybridized carbons (Fsp3) is 0.167. The second-order valence-electron chi connectivity index (χ2n) is 3.88. The molecule has 2 aromatic rings. The first kappa shape index (κ1) is 10.4. The van der Waals surface area contributed by atoms with E-state index < -0.39 is 0 Å². The van der Waals surface area contributed by atoms with Crippen molar-refractivity contribution >= 4 is 22.4 Å². The zero-order valence-corrected chi connectivity index (χ0v) is 9.88. The van der Waals surface area contributed by atoms with Crippen molar-refractivity contribution in [2.24, 2.45) is 0 Å². The van der Waals surface area contributed by atoms with Crippen molar-refractivity contribution in [2.45, 2.75) is 13.1 Å². The van der Waals surface area contributed by atoms with Gasteiger partial charge in [0.1, 0.15) is 0 Å². The van der Waals surface area contributed by atoms with Gasteiger partial charge in [-0.2, -0.15) is 0 Å². The standard InChI is InChI=1S/C12H11N3OS/c16-11(15-12-14-3-4-17-12)8-1-2-9-6-13-7-10(9)5-8/h1-5,13H,6-7H2,(H,14,15,16). The molecule has 2 heterocycles. The zero-order chi connectivity index (χ0) is 11.7. The minimum absolute atomic E-state index is 0.102. The number of aromatic nitrogens is 1. The fourth-order valence-electron chi connectivity index (χ4n) is 1.89. The van der Waals surface area contributed by atoms with Gasteiger partial charge < -0.3 is 5.32 Å². The Morgan fingerprint density at radius 3 is 3.06 bits per heavy atom.